The number of rotatable bonds is 2. The molecule has 1 N–H and O–H groups in total. The van der Waals surface area contributed by atoms with E-state index in [-0.39, 0.29) is 15.8 Å². The summed E-state index contributed by atoms with van der Waals surface area (Å²) in [5, 5.41) is 8.67. The van der Waals surface area contributed by atoms with Crippen LogP contribution in [0.3, 0.4) is 0 Å². The molecular formula is C8H6BrFO3. The Morgan fingerprint density at radius 1 is 1.62 bits per heavy atom. The summed E-state index contributed by atoms with van der Waals surface area (Å²) in [6, 6.07) is 2.22. The van der Waals surface area contributed by atoms with Crippen LogP contribution in [0.4, 0.5) is 4.39 Å². The number of carbonyl (C=O) groups is 1. The minimum atomic E-state index is -1.13. The van der Waals surface area contributed by atoms with E-state index >= 15 is 0 Å². The molecule has 0 unspecified atom stereocenters. The summed E-state index contributed by atoms with van der Waals surface area (Å²) in [5.41, 5.74) is -0.0294. The highest BCUT2D eigenvalue weighted by molar-refractivity contribution is 9.10. The number of hydrogen-bond donors (Lipinski definition) is 1. The van der Waals surface area contributed by atoms with Crippen molar-refractivity contribution in [3.8, 4) is 5.75 Å². The molecule has 0 bridgehead atoms. The van der Waals surface area contributed by atoms with Gasteiger partial charge < -0.3 is 9.84 Å². The van der Waals surface area contributed by atoms with Gasteiger partial charge in [-0.15, -0.1) is 0 Å². The second-order valence-electron chi connectivity index (χ2n) is 2.25. The van der Waals surface area contributed by atoms with Gasteiger partial charge in [-0.05, 0) is 28.1 Å². The number of carboxylic acid groups (broad SMARTS) is 1. The molecule has 0 fully saturated rings. The van der Waals surface area contributed by atoms with E-state index in [1.807, 2.05) is 0 Å². The molecule has 1 rings (SSSR count). The molecule has 3 nitrogen and oxygen atoms in total. The standard InChI is InChI=1S/C8H6BrFO3/c1-13-7-5(10)3-2-4(6(7)9)8(11)12/h2-3H,1H3,(H,11,12). The summed E-state index contributed by atoms with van der Waals surface area (Å²) in [6.07, 6.45) is 0. The lowest BCUT2D eigenvalue weighted by Crippen LogP contribution is -2.00. The van der Waals surface area contributed by atoms with Crippen molar-refractivity contribution in [2.45, 2.75) is 0 Å². The Morgan fingerprint density at radius 3 is 2.69 bits per heavy atom. The van der Waals surface area contributed by atoms with Crippen molar-refractivity contribution in [2.75, 3.05) is 7.11 Å². The van der Waals surface area contributed by atoms with Crippen molar-refractivity contribution in [2.24, 2.45) is 0 Å². The topological polar surface area (TPSA) is 46.5 Å². The van der Waals surface area contributed by atoms with E-state index in [2.05, 4.69) is 20.7 Å². The Kier molecular flexibility index (Phi) is 2.87. The molecule has 0 aliphatic rings. The maximum atomic E-state index is 12.9. The Bertz CT molecular complexity index is 351. The molecule has 0 aromatic heterocycles. The van der Waals surface area contributed by atoms with E-state index in [0.29, 0.717) is 0 Å². The van der Waals surface area contributed by atoms with Gasteiger partial charge in [-0.3, -0.25) is 0 Å². The molecule has 0 atom stereocenters. The molecule has 5 heteroatoms. The lowest BCUT2D eigenvalue weighted by molar-refractivity contribution is 0.0695. The fraction of sp³-hybridized carbons (Fsp3) is 0.125. The van der Waals surface area contributed by atoms with Gasteiger partial charge in [0.2, 0.25) is 0 Å². The molecule has 0 radical (unpaired) electrons. The summed E-state index contributed by atoms with van der Waals surface area (Å²) in [4.78, 5) is 10.6. The van der Waals surface area contributed by atoms with E-state index in [9.17, 15) is 9.18 Å². The highest BCUT2D eigenvalue weighted by Gasteiger charge is 2.15. The third-order valence-corrected chi connectivity index (χ3v) is 2.27. The van der Waals surface area contributed by atoms with E-state index in [1.54, 1.807) is 0 Å². The van der Waals surface area contributed by atoms with Gasteiger partial charge in [-0.25, -0.2) is 9.18 Å². The van der Waals surface area contributed by atoms with E-state index in [1.165, 1.54) is 13.2 Å². The second-order valence-corrected chi connectivity index (χ2v) is 3.04. The SMILES string of the molecule is COc1c(F)ccc(C(=O)O)c1Br. The Labute approximate surface area is 82.3 Å². The smallest absolute Gasteiger partial charge is 0.336 e. The van der Waals surface area contributed by atoms with E-state index < -0.39 is 11.8 Å². The largest absolute Gasteiger partial charge is 0.492 e. The third kappa shape index (κ3) is 1.80. The van der Waals surface area contributed by atoms with Crippen molar-refractivity contribution in [3.05, 3.63) is 28.0 Å². The van der Waals surface area contributed by atoms with E-state index in [0.717, 1.165) is 6.07 Å². The highest BCUT2D eigenvalue weighted by Crippen LogP contribution is 2.31. The van der Waals surface area contributed by atoms with Gasteiger partial charge in [-0.1, -0.05) is 0 Å². The van der Waals surface area contributed by atoms with Crippen molar-refractivity contribution in [1.82, 2.24) is 0 Å². The van der Waals surface area contributed by atoms with Crippen LogP contribution in [0.2, 0.25) is 0 Å². The minimum Gasteiger partial charge on any atom is -0.492 e. The van der Waals surface area contributed by atoms with Gasteiger partial charge >= 0.3 is 5.97 Å². The van der Waals surface area contributed by atoms with Crippen LogP contribution < -0.4 is 4.74 Å². The lowest BCUT2D eigenvalue weighted by atomic mass is 10.2. The average molecular weight is 249 g/mol. The summed E-state index contributed by atoms with van der Waals surface area (Å²) in [6.45, 7) is 0. The lowest BCUT2D eigenvalue weighted by Gasteiger charge is -2.06. The molecule has 0 aliphatic heterocycles. The molecule has 70 valence electrons. The normalized spacial score (nSPS) is 9.77. The number of benzene rings is 1. The van der Waals surface area contributed by atoms with Crippen LogP contribution in [-0.4, -0.2) is 18.2 Å². The number of hydrogen-bond acceptors (Lipinski definition) is 2. The first-order valence-electron chi connectivity index (χ1n) is 3.33. The number of aromatic carboxylic acids is 1. The summed E-state index contributed by atoms with van der Waals surface area (Å²) >= 11 is 2.95. The van der Waals surface area contributed by atoms with Gasteiger partial charge in [0.05, 0.1) is 17.1 Å². The van der Waals surface area contributed by atoms with Gasteiger partial charge in [0, 0.05) is 0 Å². The summed E-state index contributed by atoms with van der Waals surface area (Å²) < 4.78 is 17.7. The number of carboxylic acids is 1. The first-order chi connectivity index (χ1) is 6.07. The molecule has 1 aromatic rings. The Morgan fingerprint density at radius 2 is 2.23 bits per heavy atom. The Hall–Kier alpha value is -1.10. The zero-order chi connectivity index (χ0) is 10.0. The molecule has 13 heavy (non-hydrogen) atoms. The molecule has 1 aromatic carbocycles. The first kappa shape index (κ1) is 9.98. The zero-order valence-electron chi connectivity index (χ0n) is 6.67. The van der Waals surface area contributed by atoms with Crippen molar-refractivity contribution < 1.29 is 19.0 Å². The fourth-order valence-corrected chi connectivity index (χ4v) is 1.54. The molecule has 0 heterocycles. The van der Waals surface area contributed by atoms with Gasteiger partial charge in [0.1, 0.15) is 0 Å². The number of halogens is 2. The van der Waals surface area contributed by atoms with Crippen LogP contribution in [0.1, 0.15) is 10.4 Å². The van der Waals surface area contributed by atoms with Crippen LogP contribution in [0.5, 0.6) is 5.75 Å². The highest BCUT2D eigenvalue weighted by atomic mass is 79.9. The average Bonchev–Trinajstić information content (AvgIpc) is 2.04. The van der Waals surface area contributed by atoms with Crippen LogP contribution in [0, 0.1) is 5.82 Å². The summed E-state index contributed by atoms with van der Waals surface area (Å²) in [7, 11) is 1.27. The summed E-state index contributed by atoms with van der Waals surface area (Å²) in [5.74, 6) is -1.83. The van der Waals surface area contributed by atoms with Crippen molar-refractivity contribution in [1.29, 1.82) is 0 Å². The second kappa shape index (κ2) is 3.74. The van der Waals surface area contributed by atoms with Crippen molar-refractivity contribution in [3.63, 3.8) is 0 Å². The minimum absolute atomic E-state index is 0.0294. The van der Waals surface area contributed by atoms with Gasteiger partial charge in [0.25, 0.3) is 0 Å². The van der Waals surface area contributed by atoms with Crippen LogP contribution in [0.15, 0.2) is 16.6 Å². The zero-order valence-corrected chi connectivity index (χ0v) is 8.26. The van der Waals surface area contributed by atoms with Crippen LogP contribution in [0.25, 0.3) is 0 Å². The predicted molar refractivity (Wildman–Crippen MR) is 47.6 cm³/mol. The van der Waals surface area contributed by atoms with Crippen LogP contribution >= 0.6 is 15.9 Å². The predicted octanol–water partition coefficient (Wildman–Crippen LogP) is 2.29. The van der Waals surface area contributed by atoms with E-state index in [4.69, 9.17) is 5.11 Å². The molecule has 0 saturated heterocycles. The maximum absolute atomic E-state index is 12.9. The fourth-order valence-electron chi connectivity index (χ4n) is 0.885. The van der Waals surface area contributed by atoms with Crippen molar-refractivity contribution >= 4 is 21.9 Å². The first-order valence-corrected chi connectivity index (χ1v) is 4.12. The third-order valence-electron chi connectivity index (χ3n) is 1.48. The quantitative estimate of drug-likeness (QED) is 0.874. The van der Waals surface area contributed by atoms with Gasteiger partial charge in [0.15, 0.2) is 11.6 Å². The van der Waals surface area contributed by atoms with Crippen LogP contribution in [-0.2, 0) is 0 Å². The number of ether oxygens (including phenoxy) is 1. The molecule has 0 saturated carbocycles. The molecular weight excluding hydrogens is 243 g/mol. The monoisotopic (exact) mass is 248 g/mol. The number of methoxy groups -OCH3 is 1. The maximum Gasteiger partial charge on any atom is 0.336 e. The van der Waals surface area contributed by atoms with Gasteiger partial charge in [-0.2, -0.15) is 0 Å². The molecule has 0 amide bonds. The molecule has 0 aliphatic carbocycles. The Balaban J connectivity index is 3.35. The molecule has 0 spiro atoms.